The second-order valence-electron chi connectivity index (χ2n) is 7.77. The van der Waals surface area contributed by atoms with Crippen LogP contribution in [0.3, 0.4) is 0 Å². The number of ether oxygens (including phenoxy) is 4. The highest BCUT2D eigenvalue weighted by molar-refractivity contribution is 6.31. The Morgan fingerprint density at radius 2 is 1.50 bits per heavy atom. The summed E-state index contributed by atoms with van der Waals surface area (Å²) < 4.78 is 21.7. The number of anilines is 1. The van der Waals surface area contributed by atoms with Gasteiger partial charge in [0.1, 0.15) is 0 Å². The van der Waals surface area contributed by atoms with Crippen LogP contribution in [0.25, 0.3) is 0 Å². The molecule has 3 aromatic carbocycles. The topological polar surface area (TPSA) is 69.3 Å². The molecule has 0 aliphatic carbocycles. The van der Waals surface area contributed by atoms with Gasteiger partial charge in [0.25, 0.3) is 0 Å². The minimum Gasteiger partial charge on any atom is -0.493 e. The molecule has 0 bridgehead atoms. The van der Waals surface area contributed by atoms with Gasteiger partial charge in [0.2, 0.25) is 0 Å². The highest BCUT2D eigenvalue weighted by Gasteiger charge is 2.34. The maximum Gasteiger partial charge on any atom is 0.322 e. The molecule has 178 valence electrons. The summed E-state index contributed by atoms with van der Waals surface area (Å²) in [5, 5.41) is 3.57. The Hall–Kier alpha value is -3.58. The largest absolute Gasteiger partial charge is 0.493 e. The van der Waals surface area contributed by atoms with Crippen LogP contribution in [-0.4, -0.2) is 45.9 Å². The van der Waals surface area contributed by atoms with Crippen molar-refractivity contribution in [2.45, 2.75) is 12.5 Å². The van der Waals surface area contributed by atoms with Gasteiger partial charge in [0.15, 0.2) is 23.0 Å². The average Bonchev–Trinajstić information content (AvgIpc) is 2.87. The van der Waals surface area contributed by atoms with Crippen LogP contribution in [0.4, 0.5) is 10.5 Å². The monoisotopic (exact) mass is 482 g/mol. The van der Waals surface area contributed by atoms with Gasteiger partial charge in [-0.15, -0.1) is 0 Å². The molecule has 1 aliphatic heterocycles. The first-order valence-corrected chi connectivity index (χ1v) is 11.2. The van der Waals surface area contributed by atoms with Crippen molar-refractivity contribution in [3.63, 3.8) is 0 Å². The first-order chi connectivity index (χ1) is 16.5. The van der Waals surface area contributed by atoms with Gasteiger partial charge in [-0.1, -0.05) is 29.8 Å². The maximum absolute atomic E-state index is 13.5. The van der Waals surface area contributed by atoms with E-state index in [-0.39, 0.29) is 6.03 Å². The zero-order valence-corrected chi connectivity index (χ0v) is 20.3. The second kappa shape index (κ2) is 10.1. The highest BCUT2D eigenvalue weighted by atomic mass is 35.5. The molecular weight excluding hydrogens is 456 g/mol. The van der Waals surface area contributed by atoms with E-state index in [2.05, 4.69) is 5.32 Å². The zero-order valence-electron chi connectivity index (χ0n) is 19.6. The molecule has 1 aliphatic rings. The van der Waals surface area contributed by atoms with Crippen molar-refractivity contribution in [1.29, 1.82) is 0 Å². The molecule has 0 fully saturated rings. The van der Waals surface area contributed by atoms with Crippen molar-refractivity contribution < 1.29 is 23.7 Å². The van der Waals surface area contributed by atoms with Crippen molar-refractivity contribution in [1.82, 2.24) is 4.90 Å². The number of carbonyl (C=O) groups excluding carboxylic acids is 1. The van der Waals surface area contributed by atoms with Crippen LogP contribution >= 0.6 is 11.6 Å². The fourth-order valence-electron chi connectivity index (χ4n) is 4.31. The third-order valence-corrected chi connectivity index (χ3v) is 6.31. The van der Waals surface area contributed by atoms with E-state index in [4.69, 9.17) is 30.5 Å². The number of hydrogen-bond acceptors (Lipinski definition) is 5. The van der Waals surface area contributed by atoms with Crippen LogP contribution in [-0.2, 0) is 6.42 Å². The number of urea groups is 1. The summed E-state index contributed by atoms with van der Waals surface area (Å²) in [4.78, 5) is 15.3. The van der Waals surface area contributed by atoms with Gasteiger partial charge in [0, 0.05) is 23.3 Å². The molecule has 1 heterocycles. The van der Waals surface area contributed by atoms with E-state index in [9.17, 15) is 4.79 Å². The van der Waals surface area contributed by atoms with Crippen LogP contribution in [0, 0.1) is 0 Å². The minimum absolute atomic E-state index is 0.252. The predicted molar refractivity (Wildman–Crippen MR) is 132 cm³/mol. The first-order valence-electron chi connectivity index (χ1n) is 10.8. The molecule has 3 aromatic rings. The second-order valence-corrected chi connectivity index (χ2v) is 8.18. The molecule has 0 radical (unpaired) electrons. The number of nitrogens with zero attached hydrogens (tertiary/aromatic N) is 1. The number of nitrogens with one attached hydrogen (secondary N) is 1. The van der Waals surface area contributed by atoms with Crippen LogP contribution < -0.4 is 24.3 Å². The lowest BCUT2D eigenvalue weighted by Gasteiger charge is -2.38. The quantitative estimate of drug-likeness (QED) is 0.498. The van der Waals surface area contributed by atoms with Gasteiger partial charge >= 0.3 is 6.03 Å². The molecular formula is C26H27ClN2O5. The summed E-state index contributed by atoms with van der Waals surface area (Å²) in [5.41, 5.74) is 3.45. The SMILES string of the molecule is COc1ccc(NC(=O)N2CCc3cc(OC)c(OC)cc3C2c2ccccc2Cl)cc1OC. The standard InChI is InChI=1S/C26H27ClN2O5/c1-31-21-10-9-17(14-23(21)33-3)28-26(30)29-12-11-16-13-22(32-2)24(34-4)15-19(16)25(29)18-7-5-6-8-20(18)27/h5-10,13-15,25H,11-12H2,1-4H3,(H,28,30). The molecule has 34 heavy (non-hydrogen) atoms. The highest BCUT2D eigenvalue weighted by Crippen LogP contribution is 2.43. The summed E-state index contributed by atoms with van der Waals surface area (Å²) in [6.07, 6.45) is 0.663. The van der Waals surface area contributed by atoms with Gasteiger partial charge in [-0.3, -0.25) is 0 Å². The van der Waals surface area contributed by atoms with Crippen molar-refractivity contribution in [2.75, 3.05) is 40.3 Å². The lowest BCUT2D eigenvalue weighted by atomic mass is 9.87. The Labute approximate surface area is 204 Å². The summed E-state index contributed by atoms with van der Waals surface area (Å²) in [7, 11) is 6.33. The van der Waals surface area contributed by atoms with E-state index < -0.39 is 6.04 Å². The summed E-state index contributed by atoms with van der Waals surface area (Å²) in [6.45, 7) is 0.498. The van der Waals surface area contributed by atoms with Gasteiger partial charge in [-0.25, -0.2) is 4.79 Å². The summed E-state index contributed by atoms with van der Waals surface area (Å²) in [6, 6.07) is 16.1. The van der Waals surface area contributed by atoms with Crippen molar-refractivity contribution in [2.24, 2.45) is 0 Å². The fourth-order valence-corrected chi connectivity index (χ4v) is 4.55. The Morgan fingerprint density at radius 3 is 2.18 bits per heavy atom. The zero-order chi connectivity index (χ0) is 24.2. The van der Waals surface area contributed by atoms with Gasteiger partial charge in [-0.05, 0) is 53.4 Å². The molecule has 1 atom stereocenters. The smallest absolute Gasteiger partial charge is 0.322 e. The Kier molecular flexibility index (Phi) is 7.03. The number of halogens is 1. The predicted octanol–water partition coefficient (Wildman–Crippen LogP) is 5.55. The Morgan fingerprint density at radius 1 is 0.853 bits per heavy atom. The summed E-state index contributed by atoms with van der Waals surface area (Å²) >= 11 is 6.61. The van der Waals surface area contributed by atoms with Gasteiger partial charge in [0.05, 0.1) is 34.5 Å². The molecule has 7 nitrogen and oxygen atoms in total. The Balaban J connectivity index is 1.75. The van der Waals surface area contributed by atoms with Crippen molar-refractivity contribution in [3.05, 3.63) is 76.3 Å². The first kappa shape index (κ1) is 23.6. The number of amides is 2. The molecule has 0 aromatic heterocycles. The summed E-state index contributed by atoms with van der Waals surface area (Å²) in [5.74, 6) is 2.37. The molecule has 4 rings (SSSR count). The Bertz CT molecular complexity index is 1200. The third kappa shape index (κ3) is 4.43. The molecule has 2 amide bonds. The van der Waals surface area contributed by atoms with E-state index in [1.54, 1.807) is 51.5 Å². The van der Waals surface area contributed by atoms with Crippen LogP contribution in [0.15, 0.2) is 54.6 Å². The number of hydrogen-bond donors (Lipinski definition) is 1. The lowest BCUT2D eigenvalue weighted by molar-refractivity contribution is 0.193. The lowest BCUT2D eigenvalue weighted by Crippen LogP contribution is -2.43. The molecule has 1 unspecified atom stereocenters. The van der Waals surface area contributed by atoms with E-state index in [0.29, 0.717) is 46.7 Å². The fraction of sp³-hybridized carbons (Fsp3) is 0.269. The molecule has 1 N–H and O–H groups in total. The van der Waals surface area contributed by atoms with E-state index in [1.807, 2.05) is 36.4 Å². The number of rotatable bonds is 6. The van der Waals surface area contributed by atoms with Crippen LogP contribution in [0.5, 0.6) is 23.0 Å². The molecule has 0 spiro atoms. The van der Waals surface area contributed by atoms with Crippen molar-refractivity contribution >= 4 is 23.3 Å². The normalized spacial score (nSPS) is 14.7. The number of benzene rings is 3. The van der Waals surface area contributed by atoms with E-state index in [0.717, 1.165) is 16.7 Å². The van der Waals surface area contributed by atoms with Gasteiger partial charge < -0.3 is 29.2 Å². The molecule has 8 heteroatoms. The van der Waals surface area contributed by atoms with Crippen molar-refractivity contribution in [3.8, 4) is 23.0 Å². The number of carbonyl (C=O) groups is 1. The number of methoxy groups -OCH3 is 4. The average molecular weight is 483 g/mol. The molecule has 0 saturated carbocycles. The van der Waals surface area contributed by atoms with Crippen LogP contribution in [0.1, 0.15) is 22.7 Å². The van der Waals surface area contributed by atoms with E-state index in [1.165, 1.54) is 0 Å². The molecule has 0 saturated heterocycles. The minimum atomic E-state index is -0.405. The van der Waals surface area contributed by atoms with Crippen LogP contribution in [0.2, 0.25) is 5.02 Å². The maximum atomic E-state index is 13.5. The third-order valence-electron chi connectivity index (χ3n) is 5.97. The van der Waals surface area contributed by atoms with E-state index >= 15 is 0 Å². The number of fused-ring (bicyclic) bond motifs is 1. The van der Waals surface area contributed by atoms with Gasteiger partial charge in [-0.2, -0.15) is 0 Å².